The Morgan fingerprint density at radius 3 is 1.75 bits per heavy atom. The van der Waals surface area contributed by atoms with E-state index in [1.807, 2.05) is 0 Å². The van der Waals surface area contributed by atoms with Crippen molar-refractivity contribution in [2.75, 3.05) is 0 Å². The number of aliphatic hydroxyl groups is 1. The zero-order valence-electron chi connectivity index (χ0n) is 14.7. The number of hydrogen-bond acceptors (Lipinski definition) is 2. The molecule has 2 heteroatoms. The molecular formula is C22H29NO. The van der Waals surface area contributed by atoms with Crippen LogP contribution in [0.25, 0.3) is 0 Å². The van der Waals surface area contributed by atoms with Crippen LogP contribution in [0.15, 0.2) is 60.7 Å². The van der Waals surface area contributed by atoms with Gasteiger partial charge in [-0.05, 0) is 43.2 Å². The maximum absolute atomic E-state index is 10.5. The summed E-state index contributed by atoms with van der Waals surface area (Å²) in [6.07, 6.45) is 4.90. The lowest BCUT2D eigenvalue weighted by Crippen LogP contribution is -2.42. The molecule has 0 heterocycles. The van der Waals surface area contributed by atoms with Crippen molar-refractivity contribution < 1.29 is 5.11 Å². The highest BCUT2D eigenvalue weighted by atomic mass is 16.3. The van der Waals surface area contributed by atoms with Crippen LogP contribution in [0.3, 0.4) is 0 Å². The monoisotopic (exact) mass is 323 g/mol. The summed E-state index contributed by atoms with van der Waals surface area (Å²) in [6.45, 7) is 4.06. The molecule has 0 unspecified atom stereocenters. The van der Waals surface area contributed by atoms with Crippen molar-refractivity contribution in [3.05, 3.63) is 71.8 Å². The van der Waals surface area contributed by atoms with Crippen LogP contribution in [0.1, 0.15) is 50.2 Å². The Balaban J connectivity index is 1.72. The molecule has 0 radical (unpaired) electrons. The summed E-state index contributed by atoms with van der Waals surface area (Å²) < 4.78 is 0. The minimum Gasteiger partial charge on any atom is -0.390 e. The number of rotatable bonds is 6. The van der Waals surface area contributed by atoms with E-state index in [-0.39, 0.29) is 0 Å². The van der Waals surface area contributed by atoms with Crippen molar-refractivity contribution >= 4 is 0 Å². The standard InChI is InChI=1S/C22H29NO/c1-2-22(24)15-13-21(14-16-22)23(17-19-9-5-3-6-10-19)18-20-11-7-4-8-12-20/h3-12,21,24H,2,13-18H2,1H3/t21-,22-. The first kappa shape index (κ1) is 17.2. The molecule has 0 aromatic heterocycles. The average Bonchev–Trinajstić information content (AvgIpc) is 2.64. The first-order valence-corrected chi connectivity index (χ1v) is 9.23. The van der Waals surface area contributed by atoms with Gasteiger partial charge in [-0.25, -0.2) is 0 Å². The van der Waals surface area contributed by atoms with E-state index in [1.165, 1.54) is 11.1 Å². The highest BCUT2D eigenvalue weighted by molar-refractivity contribution is 5.17. The van der Waals surface area contributed by atoms with Crippen molar-refractivity contribution in [1.29, 1.82) is 0 Å². The number of benzene rings is 2. The van der Waals surface area contributed by atoms with E-state index >= 15 is 0 Å². The lowest BCUT2D eigenvalue weighted by Gasteiger charge is -2.40. The molecule has 0 bridgehead atoms. The molecule has 1 fully saturated rings. The largest absolute Gasteiger partial charge is 0.390 e. The molecule has 3 rings (SSSR count). The molecule has 2 aromatic rings. The van der Waals surface area contributed by atoms with Crippen LogP contribution in [-0.2, 0) is 13.1 Å². The SMILES string of the molecule is CC[C@]1(O)CC[C@H](N(Cc2ccccc2)Cc2ccccc2)CC1. The molecule has 1 N–H and O–H groups in total. The van der Waals surface area contributed by atoms with Crippen molar-refractivity contribution in [3.63, 3.8) is 0 Å². The van der Waals surface area contributed by atoms with Gasteiger partial charge in [-0.15, -0.1) is 0 Å². The van der Waals surface area contributed by atoms with E-state index in [4.69, 9.17) is 0 Å². The quantitative estimate of drug-likeness (QED) is 0.827. The molecule has 2 nitrogen and oxygen atoms in total. The summed E-state index contributed by atoms with van der Waals surface area (Å²) in [4.78, 5) is 2.60. The van der Waals surface area contributed by atoms with Gasteiger partial charge in [0.25, 0.3) is 0 Å². The van der Waals surface area contributed by atoms with Crippen LogP contribution in [0, 0.1) is 0 Å². The van der Waals surface area contributed by atoms with Gasteiger partial charge in [0.2, 0.25) is 0 Å². The molecule has 0 amide bonds. The van der Waals surface area contributed by atoms with E-state index in [9.17, 15) is 5.11 Å². The third-order valence-corrected chi connectivity index (χ3v) is 5.52. The highest BCUT2D eigenvalue weighted by Gasteiger charge is 2.33. The second-order valence-electron chi connectivity index (χ2n) is 7.19. The molecule has 0 atom stereocenters. The van der Waals surface area contributed by atoms with E-state index in [2.05, 4.69) is 72.5 Å². The van der Waals surface area contributed by atoms with Gasteiger partial charge in [-0.3, -0.25) is 4.90 Å². The fraction of sp³-hybridized carbons (Fsp3) is 0.455. The fourth-order valence-electron chi connectivity index (χ4n) is 3.81. The Bertz CT molecular complexity index is 561. The lowest BCUT2D eigenvalue weighted by molar-refractivity contribution is -0.0257. The molecule has 2 aromatic carbocycles. The van der Waals surface area contributed by atoms with Gasteiger partial charge >= 0.3 is 0 Å². The number of nitrogens with zero attached hydrogens (tertiary/aromatic N) is 1. The molecule has 0 aliphatic heterocycles. The predicted octanol–water partition coefficient (Wildman–Crippen LogP) is 4.77. The Morgan fingerprint density at radius 1 is 0.875 bits per heavy atom. The minimum atomic E-state index is -0.429. The molecule has 1 aliphatic rings. The van der Waals surface area contributed by atoms with Crippen molar-refractivity contribution in [2.24, 2.45) is 0 Å². The second-order valence-corrected chi connectivity index (χ2v) is 7.19. The van der Waals surface area contributed by atoms with Crippen molar-refractivity contribution in [1.82, 2.24) is 4.90 Å². The van der Waals surface area contributed by atoms with Gasteiger partial charge in [-0.1, -0.05) is 67.6 Å². The summed E-state index contributed by atoms with van der Waals surface area (Å²) in [5.74, 6) is 0. The third-order valence-electron chi connectivity index (χ3n) is 5.52. The van der Waals surface area contributed by atoms with Crippen LogP contribution >= 0.6 is 0 Å². The van der Waals surface area contributed by atoms with Gasteiger partial charge in [-0.2, -0.15) is 0 Å². The van der Waals surface area contributed by atoms with Gasteiger partial charge in [0.1, 0.15) is 0 Å². The molecule has 128 valence electrons. The minimum absolute atomic E-state index is 0.429. The van der Waals surface area contributed by atoms with E-state index in [1.54, 1.807) is 0 Å². The van der Waals surface area contributed by atoms with Gasteiger partial charge in [0.05, 0.1) is 5.60 Å². The second kappa shape index (κ2) is 7.96. The third kappa shape index (κ3) is 4.46. The van der Waals surface area contributed by atoms with Crippen LogP contribution in [0.5, 0.6) is 0 Å². The zero-order chi connectivity index (χ0) is 16.8. The number of hydrogen-bond donors (Lipinski definition) is 1. The smallest absolute Gasteiger partial charge is 0.0646 e. The van der Waals surface area contributed by atoms with Crippen LogP contribution in [-0.4, -0.2) is 21.6 Å². The van der Waals surface area contributed by atoms with Crippen LogP contribution in [0.2, 0.25) is 0 Å². The molecule has 1 saturated carbocycles. The van der Waals surface area contributed by atoms with Gasteiger partial charge in [0.15, 0.2) is 0 Å². The van der Waals surface area contributed by atoms with E-state index < -0.39 is 5.60 Å². The van der Waals surface area contributed by atoms with E-state index in [0.717, 1.165) is 45.2 Å². The molecule has 1 aliphatic carbocycles. The fourth-order valence-corrected chi connectivity index (χ4v) is 3.81. The Labute approximate surface area is 146 Å². The van der Waals surface area contributed by atoms with Gasteiger partial charge in [0, 0.05) is 19.1 Å². The lowest BCUT2D eigenvalue weighted by atomic mass is 9.80. The highest BCUT2D eigenvalue weighted by Crippen LogP contribution is 2.34. The average molecular weight is 323 g/mol. The summed E-state index contributed by atoms with van der Waals surface area (Å²) >= 11 is 0. The van der Waals surface area contributed by atoms with Crippen LogP contribution in [0.4, 0.5) is 0 Å². The summed E-state index contributed by atoms with van der Waals surface area (Å²) in [5, 5.41) is 10.5. The van der Waals surface area contributed by atoms with Crippen molar-refractivity contribution in [3.8, 4) is 0 Å². The normalized spacial score (nSPS) is 24.2. The summed E-state index contributed by atoms with van der Waals surface area (Å²) in [5.41, 5.74) is 2.30. The first-order chi connectivity index (χ1) is 11.7. The molecule has 0 spiro atoms. The maximum Gasteiger partial charge on any atom is 0.0646 e. The Kier molecular flexibility index (Phi) is 5.70. The van der Waals surface area contributed by atoms with Crippen molar-refractivity contribution in [2.45, 2.75) is 63.8 Å². The van der Waals surface area contributed by atoms with Crippen LogP contribution < -0.4 is 0 Å². The molecular weight excluding hydrogens is 294 g/mol. The predicted molar refractivity (Wildman–Crippen MR) is 99.6 cm³/mol. The topological polar surface area (TPSA) is 23.5 Å². The van der Waals surface area contributed by atoms with Gasteiger partial charge < -0.3 is 5.11 Å². The molecule has 24 heavy (non-hydrogen) atoms. The first-order valence-electron chi connectivity index (χ1n) is 9.23. The zero-order valence-corrected chi connectivity index (χ0v) is 14.7. The maximum atomic E-state index is 10.5. The summed E-state index contributed by atoms with van der Waals surface area (Å²) in [6, 6.07) is 22.0. The Morgan fingerprint density at radius 2 is 1.33 bits per heavy atom. The summed E-state index contributed by atoms with van der Waals surface area (Å²) in [7, 11) is 0. The Hall–Kier alpha value is -1.64. The van der Waals surface area contributed by atoms with E-state index in [0.29, 0.717) is 6.04 Å². The molecule has 0 saturated heterocycles.